The molecule has 0 fully saturated rings. The van der Waals surface area contributed by atoms with Gasteiger partial charge in [-0.2, -0.15) is 0 Å². The van der Waals surface area contributed by atoms with E-state index in [1.165, 1.54) is 0 Å². The Bertz CT molecular complexity index is 624. The Morgan fingerprint density at radius 2 is 1.11 bits per heavy atom. The minimum absolute atomic E-state index is 0.205. The molecule has 7 nitrogen and oxygen atoms in total. The Labute approximate surface area is 157 Å². The summed E-state index contributed by atoms with van der Waals surface area (Å²) in [5, 5.41) is 24.4. The minimum Gasteiger partial charge on any atom is -0.478 e. The van der Waals surface area contributed by atoms with E-state index in [9.17, 15) is 14.7 Å². The summed E-state index contributed by atoms with van der Waals surface area (Å²) in [5.41, 5.74) is 0. The highest BCUT2D eigenvalue weighted by molar-refractivity contribution is 5.79. The van der Waals surface area contributed by atoms with Crippen molar-refractivity contribution in [1.82, 2.24) is 0 Å². The van der Waals surface area contributed by atoms with E-state index in [2.05, 4.69) is 13.2 Å². The lowest BCUT2D eigenvalue weighted by atomic mass is 10.3. The van der Waals surface area contributed by atoms with Gasteiger partial charge < -0.3 is 24.8 Å². The second kappa shape index (κ2) is 14.7. The zero-order chi connectivity index (χ0) is 20.5. The van der Waals surface area contributed by atoms with Crippen LogP contribution in [0.5, 0.6) is 11.5 Å². The van der Waals surface area contributed by atoms with Gasteiger partial charge in [0.05, 0.1) is 0 Å². The SMILES string of the molecule is C=CC(=O)O.C=CC(=O)O.OCC(Oc1ccccc1)Oc1ccccc1. The Kier molecular flexibility index (Phi) is 12.8. The van der Waals surface area contributed by atoms with Crippen LogP contribution >= 0.6 is 0 Å². The fraction of sp³-hybridized carbons (Fsp3) is 0.100. The molecule has 27 heavy (non-hydrogen) atoms. The average Bonchev–Trinajstić information content (AvgIpc) is 2.70. The molecule has 144 valence electrons. The zero-order valence-corrected chi connectivity index (χ0v) is 14.6. The van der Waals surface area contributed by atoms with Gasteiger partial charge in [-0.1, -0.05) is 49.6 Å². The van der Waals surface area contributed by atoms with E-state index < -0.39 is 18.2 Å². The van der Waals surface area contributed by atoms with E-state index >= 15 is 0 Å². The lowest BCUT2D eigenvalue weighted by Gasteiger charge is -2.18. The summed E-state index contributed by atoms with van der Waals surface area (Å²) in [7, 11) is 0. The third-order valence-corrected chi connectivity index (χ3v) is 2.52. The first kappa shape index (κ1) is 23.4. The molecule has 0 radical (unpaired) electrons. The first-order valence-electron chi connectivity index (χ1n) is 7.67. The maximum absolute atomic E-state index is 9.25. The quantitative estimate of drug-likeness (QED) is 0.504. The number of rotatable bonds is 7. The van der Waals surface area contributed by atoms with Gasteiger partial charge >= 0.3 is 11.9 Å². The van der Waals surface area contributed by atoms with Gasteiger partial charge in [0.25, 0.3) is 6.29 Å². The zero-order valence-electron chi connectivity index (χ0n) is 14.6. The predicted molar refractivity (Wildman–Crippen MR) is 101 cm³/mol. The van der Waals surface area contributed by atoms with E-state index in [4.69, 9.17) is 19.7 Å². The van der Waals surface area contributed by atoms with Crippen LogP contribution in [0.15, 0.2) is 86.0 Å². The third kappa shape index (κ3) is 13.4. The topological polar surface area (TPSA) is 113 Å². The van der Waals surface area contributed by atoms with Crippen LogP contribution < -0.4 is 9.47 Å². The molecule has 0 aliphatic rings. The van der Waals surface area contributed by atoms with Crippen molar-refractivity contribution in [3.8, 4) is 11.5 Å². The second-order valence-corrected chi connectivity index (χ2v) is 4.56. The molecule has 0 bridgehead atoms. The third-order valence-electron chi connectivity index (χ3n) is 2.52. The molecule has 0 unspecified atom stereocenters. The summed E-state index contributed by atoms with van der Waals surface area (Å²) in [6.45, 7) is 5.72. The monoisotopic (exact) mass is 374 g/mol. The van der Waals surface area contributed by atoms with Gasteiger partial charge in [0, 0.05) is 12.2 Å². The Morgan fingerprint density at radius 3 is 1.33 bits per heavy atom. The van der Waals surface area contributed by atoms with Crippen LogP contribution in [0.25, 0.3) is 0 Å². The highest BCUT2D eigenvalue weighted by Gasteiger charge is 2.10. The molecule has 0 aliphatic carbocycles. The largest absolute Gasteiger partial charge is 0.478 e. The number of aliphatic hydroxyl groups excluding tert-OH is 1. The Hall–Kier alpha value is -3.58. The van der Waals surface area contributed by atoms with E-state index in [0.717, 1.165) is 12.2 Å². The molecule has 2 aromatic carbocycles. The summed E-state index contributed by atoms with van der Waals surface area (Å²) in [4.78, 5) is 18.5. The van der Waals surface area contributed by atoms with Crippen molar-refractivity contribution in [3.63, 3.8) is 0 Å². The van der Waals surface area contributed by atoms with E-state index in [0.29, 0.717) is 11.5 Å². The van der Waals surface area contributed by atoms with Crippen LogP contribution in [0, 0.1) is 0 Å². The number of carbonyl (C=O) groups is 2. The number of aliphatic carboxylic acids is 2. The number of ether oxygens (including phenoxy) is 2. The van der Waals surface area contributed by atoms with E-state index in [-0.39, 0.29) is 6.61 Å². The number of aliphatic hydroxyl groups is 1. The highest BCUT2D eigenvalue weighted by atomic mass is 16.7. The van der Waals surface area contributed by atoms with E-state index in [1.54, 1.807) is 0 Å². The average molecular weight is 374 g/mol. The van der Waals surface area contributed by atoms with Crippen molar-refractivity contribution in [2.24, 2.45) is 0 Å². The molecule has 0 heterocycles. The second-order valence-electron chi connectivity index (χ2n) is 4.56. The number of hydrogen-bond acceptors (Lipinski definition) is 5. The summed E-state index contributed by atoms with van der Waals surface area (Å²) in [6, 6.07) is 18.5. The van der Waals surface area contributed by atoms with Crippen LogP contribution in [0.2, 0.25) is 0 Å². The molecule has 0 atom stereocenters. The van der Waals surface area contributed by atoms with Crippen LogP contribution in [0.4, 0.5) is 0 Å². The molecular weight excluding hydrogens is 352 g/mol. The van der Waals surface area contributed by atoms with Crippen molar-refractivity contribution in [3.05, 3.63) is 86.0 Å². The standard InChI is InChI=1S/C14H14O3.2C3H4O2/c15-11-14(16-12-7-3-1-4-8-12)17-13-9-5-2-6-10-13;2*1-2-3(4)5/h1-10,14-15H,11H2;2*2H,1H2,(H,4,5). The van der Waals surface area contributed by atoms with Crippen molar-refractivity contribution < 1.29 is 34.4 Å². The maximum Gasteiger partial charge on any atom is 0.327 e. The molecule has 0 saturated carbocycles. The normalized spacial score (nSPS) is 8.81. The number of para-hydroxylation sites is 2. The van der Waals surface area contributed by atoms with Gasteiger partial charge in [0.2, 0.25) is 0 Å². The molecule has 2 rings (SSSR count). The number of carboxylic acid groups (broad SMARTS) is 2. The van der Waals surface area contributed by atoms with Gasteiger partial charge in [0.1, 0.15) is 18.1 Å². The lowest BCUT2D eigenvalue weighted by Crippen LogP contribution is -2.27. The van der Waals surface area contributed by atoms with Gasteiger partial charge in [-0.05, 0) is 24.3 Å². The molecule has 7 heteroatoms. The summed E-state index contributed by atoms with van der Waals surface area (Å²) < 4.78 is 11.0. The van der Waals surface area contributed by atoms with Gasteiger partial charge in [-0.25, -0.2) is 9.59 Å². The summed E-state index contributed by atoms with van der Waals surface area (Å²) in [6.07, 6.45) is 0.972. The van der Waals surface area contributed by atoms with Crippen molar-refractivity contribution in [1.29, 1.82) is 0 Å². The van der Waals surface area contributed by atoms with Crippen molar-refractivity contribution >= 4 is 11.9 Å². The summed E-state index contributed by atoms with van der Waals surface area (Å²) >= 11 is 0. The number of benzene rings is 2. The van der Waals surface area contributed by atoms with Crippen LogP contribution in [-0.4, -0.2) is 40.2 Å². The number of hydrogen-bond donors (Lipinski definition) is 3. The maximum atomic E-state index is 9.25. The molecule has 2 aromatic rings. The molecule has 0 aromatic heterocycles. The first-order chi connectivity index (χ1) is 12.9. The molecule has 0 amide bonds. The molecular formula is C20H22O7. The fourth-order valence-electron chi connectivity index (χ4n) is 1.40. The van der Waals surface area contributed by atoms with Crippen molar-refractivity contribution in [2.45, 2.75) is 6.29 Å². The molecule has 3 N–H and O–H groups in total. The van der Waals surface area contributed by atoms with E-state index in [1.807, 2.05) is 60.7 Å². The minimum atomic E-state index is -0.981. The highest BCUT2D eigenvalue weighted by Crippen LogP contribution is 2.15. The fourth-order valence-corrected chi connectivity index (χ4v) is 1.40. The molecule has 0 saturated heterocycles. The molecule has 0 spiro atoms. The predicted octanol–water partition coefficient (Wildman–Crippen LogP) is 2.98. The first-order valence-corrected chi connectivity index (χ1v) is 7.67. The smallest absolute Gasteiger partial charge is 0.327 e. The van der Waals surface area contributed by atoms with Crippen LogP contribution in [-0.2, 0) is 9.59 Å². The Morgan fingerprint density at radius 1 is 0.815 bits per heavy atom. The Balaban J connectivity index is 0.000000563. The van der Waals surface area contributed by atoms with Crippen LogP contribution in [0.1, 0.15) is 0 Å². The van der Waals surface area contributed by atoms with Gasteiger partial charge in [-0.15, -0.1) is 0 Å². The van der Waals surface area contributed by atoms with Crippen LogP contribution in [0.3, 0.4) is 0 Å². The summed E-state index contributed by atoms with van der Waals surface area (Å²) in [5.74, 6) is -0.625. The number of carboxylic acids is 2. The van der Waals surface area contributed by atoms with Gasteiger partial charge in [-0.3, -0.25) is 0 Å². The van der Waals surface area contributed by atoms with Crippen molar-refractivity contribution in [2.75, 3.05) is 6.61 Å². The molecule has 0 aliphatic heterocycles. The lowest BCUT2D eigenvalue weighted by molar-refractivity contribution is -0.132. The van der Waals surface area contributed by atoms with Gasteiger partial charge in [0.15, 0.2) is 0 Å².